The van der Waals surface area contributed by atoms with Crippen molar-refractivity contribution in [1.82, 2.24) is 9.78 Å². The maximum atomic E-state index is 11.8. The van der Waals surface area contributed by atoms with Gasteiger partial charge in [0.05, 0.1) is 22.5 Å². The van der Waals surface area contributed by atoms with Crippen LogP contribution >= 0.6 is 11.6 Å². The van der Waals surface area contributed by atoms with E-state index in [2.05, 4.69) is 5.10 Å². The Kier molecular flexibility index (Phi) is 6.68. The molecule has 0 aromatic carbocycles. The number of aliphatic hydroxyl groups is 1. The number of aryl methyl sites for hydroxylation is 2. The van der Waals surface area contributed by atoms with Crippen molar-refractivity contribution in [3.63, 3.8) is 0 Å². The molecule has 0 bridgehead atoms. The lowest BCUT2D eigenvalue weighted by Gasteiger charge is -2.12. The zero-order valence-electron chi connectivity index (χ0n) is 11.1. The lowest BCUT2D eigenvalue weighted by Crippen LogP contribution is -2.17. The van der Waals surface area contributed by atoms with E-state index in [0.29, 0.717) is 18.0 Å². The van der Waals surface area contributed by atoms with Crippen molar-refractivity contribution in [2.75, 3.05) is 13.2 Å². The topological polar surface area (TPSA) is 47.3 Å². The molecule has 0 saturated carbocycles. The molecule has 0 spiro atoms. The molecule has 1 unspecified atom stereocenters. The molecule has 1 atom stereocenters. The second-order valence-corrected chi connectivity index (χ2v) is 4.65. The summed E-state index contributed by atoms with van der Waals surface area (Å²) in [6.07, 6.45) is -2.53. The highest BCUT2D eigenvalue weighted by molar-refractivity contribution is 6.31. The van der Waals surface area contributed by atoms with Crippen molar-refractivity contribution in [2.24, 2.45) is 0 Å². The summed E-state index contributed by atoms with van der Waals surface area (Å²) in [5.74, 6) is 0. The van der Waals surface area contributed by atoms with E-state index in [1.807, 2.05) is 6.92 Å². The Balaban J connectivity index is 2.46. The minimum absolute atomic E-state index is 0.0996. The number of ether oxygens (including phenoxy) is 1. The minimum Gasteiger partial charge on any atom is -0.393 e. The van der Waals surface area contributed by atoms with Gasteiger partial charge < -0.3 is 9.84 Å². The number of halogens is 3. The normalized spacial score (nSPS) is 13.2. The van der Waals surface area contributed by atoms with E-state index < -0.39 is 19.1 Å². The molecule has 0 amide bonds. The first-order chi connectivity index (χ1) is 8.95. The van der Waals surface area contributed by atoms with Crippen LogP contribution < -0.4 is 0 Å². The second kappa shape index (κ2) is 7.77. The molecule has 1 aromatic rings. The Morgan fingerprint density at radius 1 is 1.47 bits per heavy atom. The summed E-state index contributed by atoms with van der Waals surface area (Å²) >= 11 is 6.11. The molecule has 19 heavy (non-hydrogen) atoms. The van der Waals surface area contributed by atoms with E-state index in [4.69, 9.17) is 16.3 Å². The van der Waals surface area contributed by atoms with Gasteiger partial charge in [0.25, 0.3) is 6.43 Å². The van der Waals surface area contributed by atoms with Crippen molar-refractivity contribution in [3.8, 4) is 0 Å². The molecule has 0 fully saturated rings. The minimum atomic E-state index is -2.48. The van der Waals surface area contributed by atoms with Gasteiger partial charge in [-0.05, 0) is 20.3 Å². The van der Waals surface area contributed by atoms with Crippen molar-refractivity contribution < 1.29 is 18.6 Å². The standard InChI is InChI=1S/C12H19ClF2N2O2/c1-3-17-10(12(13)8(2)16-17)6-9(18)4-5-19-7-11(14)15/h9,11,18H,3-7H2,1-2H3. The molecule has 0 aliphatic heterocycles. The first kappa shape index (κ1) is 16.3. The second-order valence-electron chi connectivity index (χ2n) is 4.27. The summed E-state index contributed by atoms with van der Waals surface area (Å²) in [6, 6.07) is 0. The number of nitrogens with zero attached hydrogens (tertiary/aromatic N) is 2. The number of aromatic nitrogens is 2. The van der Waals surface area contributed by atoms with Crippen molar-refractivity contribution >= 4 is 11.6 Å². The maximum absolute atomic E-state index is 11.8. The van der Waals surface area contributed by atoms with Gasteiger partial charge in [-0.1, -0.05) is 11.6 Å². The third-order valence-electron chi connectivity index (χ3n) is 2.72. The zero-order chi connectivity index (χ0) is 14.4. The lowest BCUT2D eigenvalue weighted by atomic mass is 10.1. The Labute approximate surface area is 116 Å². The van der Waals surface area contributed by atoms with Crippen molar-refractivity contribution in [1.29, 1.82) is 0 Å². The summed E-state index contributed by atoms with van der Waals surface area (Å²) < 4.78 is 30.2. The fourth-order valence-electron chi connectivity index (χ4n) is 1.78. The number of alkyl halides is 2. The van der Waals surface area contributed by atoms with E-state index in [0.717, 1.165) is 11.4 Å². The van der Waals surface area contributed by atoms with Crippen LogP contribution in [0.15, 0.2) is 0 Å². The Bertz CT molecular complexity index is 399. The zero-order valence-corrected chi connectivity index (χ0v) is 11.8. The number of aliphatic hydroxyl groups excluding tert-OH is 1. The number of hydrogen-bond acceptors (Lipinski definition) is 3. The van der Waals surface area contributed by atoms with Crippen LogP contribution in [0.25, 0.3) is 0 Å². The predicted molar refractivity (Wildman–Crippen MR) is 68.8 cm³/mol. The molecular formula is C12H19ClF2N2O2. The van der Waals surface area contributed by atoms with Crippen LogP contribution in [0.5, 0.6) is 0 Å². The van der Waals surface area contributed by atoms with Crippen LogP contribution in [0.2, 0.25) is 5.02 Å². The molecule has 1 heterocycles. The Hall–Kier alpha value is -0.720. The van der Waals surface area contributed by atoms with E-state index in [1.165, 1.54) is 0 Å². The molecule has 0 saturated heterocycles. The molecule has 0 aliphatic rings. The quantitative estimate of drug-likeness (QED) is 0.750. The van der Waals surface area contributed by atoms with E-state index in [9.17, 15) is 13.9 Å². The van der Waals surface area contributed by atoms with Gasteiger partial charge in [0.2, 0.25) is 0 Å². The molecule has 1 N–H and O–H groups in total. The summed E-state index contributed by atoms with van der Waals surface area (Å²) in [5, 5.41) is 14.6. The lowest BCUT2D eigenvalue weighted by molar-refractivity contribution is 0.00495. The van der Waals surface area contributed by atoms with Crippen LogP contribution in [-0.2, 0) is 17.7 Å². The summed E-state index contributed by atoms with van der Waals surface area (Å²) in [6.45, 7) is 3.90. The van der Waals surface area contributed by atoms with E-state index in [-0.39, 0.29) is 13.0 Å². The van der Waals surface area contributed by atoms with Crippen LogP contribution in [0.1, 0.15) is 24.7 Å². The Morgan fingerprint density at radius 3 is 2.74 bits per heavy atom. The van der Waals surface area contributed by atoms with Crippen molar-refractivity contribution in [2.45, 2.75) is 45.8 Å². The molecule has 110 valence electrons. The third-order valence-corrected chi connectivity index (χ3v) is 3.21. The summed E-state index contributed by atoms with van der Waals surface area (Å²) in [4.78, 5) is 0. The number of hydrogen-bond donors (Lipinski definition) is 1. The molecular weight excluding hydrogens is 278 g/mol. The van der Waals surface area contributed by atoms with Crippen LogP contribution in [0.4, 0.5) is 8.78 Å². The molecule has 4 nitrogen and oxygen atoms in total. The van der Waals surface area contributed by atoms with Gasteiger partial charge in [-0.3, -0.25) is 4.68 Å². The summed E-state index contributed by atoms with van der Waals surface area (Å²) in [7, 11) is 0. The number of rotatable bonds is 8. The fraction of sp³-hybridized carbons (Fsp3) is 0.750. The van der Waals surface area contributed by atoms with Crippen molar-refractivity contribution in [3.05, 3.63) is 16.4 Å². The molecule has 7 heteroatoms. The smallest absolute Gasteiger partial charge is 0.261 e. The maximum Gasteiger partial charge on any atom is 0.261 e. The molecule has 1 rings (SSSR count). The highest BCUT2D eigenvalue weighted by Gasteiger charge is 2.16. The largest absolute Gasteiger partial charge is 0.393 e. The van der Waals surface area contributed by atoms with E-state index >= 15 is 0 Å². The average molecular weight is 297 g/mol. The predicted octanol–water partition coefficient (Wildman–Crippen LogP) is 2.44. The first-order valence-corrected chi connectivity index (χ1v) is 6.59. The SMILES string of the molecule is CCn1nc(C)c(Cl)c1CC(O)CCOCC(F)F. The average Bonchev–Trinajstić information content (AvgIpc) is 2.62. The van der Waals surface area contributed by atoms with E-state index in [1.54, 1.807) is 11.6 Å². The van der Waals surface area contributed by atoms with Gasteiger partial charge in [0.1, 0.15) is 6.61 Å². The molecule has 1 aromatic heterocycles. The van der Waals surface area contributed by atoms with Gasteiger partial charge in [-0.25, -0.2) is 8.78 Å². The summed E-state index contributed by atoms with van der Waals surface area (Å²) in [5.41, 5.74) is 1.49. The van der Waals surface area contributed by atoms with Gasteiger partial charge in [0.15, 0.2) is 0 Å². The highest BCUT2D eigenvalue weighted by atomic mass is 35.5. The molecule has 0 aliphatic carbocycles. The van der Waals surface area contributed by atoms with Crippen LogP contribution in [0, 0.1) is 6.92 Å². The van der Waals surface area contributed by atoms with Gasteiger partial charge in [0, 0.05) is 19.6 Å². The van der Waals surface area contributed by atoms with Crippen LogP contribution in [0.3, 0.4) is 0 Å². The molecule has 0 radical (unpaired) electrons. The Morgan fingerprint density at radius 2 is 2.16 bits per heavy atom. The first-order valence-electron chi connectivity index (χ1n) is 6.21. The third kappa shape index (κ3) is 5.04. The van der Waals surface area contributed by atoms with Gasteiger partial charge in [-0.15, -0.1) is 0 Å². The monoisotopic (exact) mass is 296 g/mol. The van der Waals surface area contributed by atoms with Gasteiger partial charge >= 0.3 is 0 Å². The van der Waals surface area contributed by atoms with Gasteiger partial charge in [-0.2, -0.15) is 5.10 Å². The fourth-order valence-corrected chi connectivity index (χ4v) is 1.99. The van der Waals surface area contributed by atoms with Crippen LogP contribution in [-0.4, -0.2) is 40.6 Å². The highest BCUT2D eigenvalue weighted by Crippen LogP contribution is 2.22.